The Labute approximate surface area is 194 Å². The molecule has 1 aliphatic rings. The van der Waals surface area contributed by atoms with Crippen molar-refractivity contribution in [3.8, 4) is 0 Å². The minimum Gasteiger partial charge on any atom is -0.393 e. The summed E-state index contributed by atoms with van der Waals surface area (Å²) < 4.78 is 42.9. The summed E-state index contributed by atoms with van der Waals surface area (Å²) >= 11 is 0. The van der Waals surface area contributed by atoms with Gasteiger partial charge < -0.3 is 20.5 Å². The normalized spacial score (nSPS) is 19.9. The lowest BCUT2D eigenvalue weighted by Crippen LogP contribution is -2.23. The summed E-state index contributed by atoms with van der Waals surface area (Å²) in [5.41, 5.74) is -0.265. The number of aliphatic hydroxyl groups excluding tert-OH is 2. The zero-order chi connectivity index (χ0) is 24.6. The second kappa shape index (κ2) is 9.34. The Kier molecular flexibility index (Phi) is 6.64. The molecule has 0 unspecified atom stereocenters. The van der Waals surface area contributed by atoms with Crippen LogP contribution in [0.15, 0.2) is 29.1 Å². The lowest BCUT2D eigenvalue weighted by molar-refractivity contribution is -0.0583. The molecule has 0 radical (unpaired) electrons. The number of H-pyrrole nitrogens is 1. The van der Waals surface area contributed by atoms with Gasteiger partial charge in [0.1, 0.15) is 29.7 Å². The fourth-order valence-corrected chi connectivity index (χ4v) is 4.55. The van der Waals surface area contributed by atoms with Gasteiger partial charge >= 0.3 is 0 Å². The number of fused-ring (bicyclic) bond motifs is 1. The summed E-state index contributed by atoms with van der Waals surface area (Å²) in [7, 11) is 0. The van der Waals surface area contributed by atoms with Gasteiger partial charge in [-0.15, -0.1) is 0 Å². The van der Waals surface area contributed by atoms with Crippen molar-refractivity contribution in [2.24, 2.45) is 0 Å². The molecule has 7 nitrogen and oxygen atoms in total. The molecule has 10 heteroatoms. The molecular weight excluding hydrogens is 449 g/mol. The van der Waals surface area contributed by atoms with Crippen molar-refractivity contribution in [1.29, 1.82) is 0 Å². The van der Waals surface area contributed by atoms with Gasteiger partial charge in [-0.2, -0.15) is 8.78 Å². The van der Waals surface area contributed by atoms with E-state index in [1.165, 1.54) is 12.1 Å². The second-order valence-corrected chi connectivity index (χ2v) is 8.88. The van der Waals surface area contributed by atoms with Crippen molar-refractivity contribution in [2.75, 3.05) is 11.9 Å². The van der Waals surface area contributed by atoms with Crippen LogP contribution in [-0.2, 0) is 5.92 Å². The number of aliphatic hydroxyl groups is 2. The highest BCUT2D eigenvalue weighted by molar-refractivity contribution is 5.87. The molecule has 4 N–H and O–H groups in total. The maximum absolute atomic E-state index is 15.0. The van der Waals surface area contributed by atoms with E-state index in [0.717, 1.165) is 6.07 Å². The summed E-state index contributed by atoms with van der Waals surface area (Å²) in [6, 6.07) is 4.61. The summed E-state index contributed by atoms with van der Waals surface area (Å²) in [6.07, 6.45) is 2.23. The monoisotopic (exact) mass is 476 g/mol. The topological polar surface area (TPSA) is 111 Å². The molecule has 0 amide bonds. The molecule has 34 heavy (non-hydrogen) atoms. The van der Waals surface area contributed by atoms with Crippen molar-refractivity contribution in [1.82, 2.24) is 15.0 Å². The van der Waals surface area contributed by atoms with E-state index in [1.807, 2.05) is 0 Å². The standard InChI is InChI=1S/C24H27F3N4O3/c1-12(16-4-3-5-19(20(16)25)24(26,27)11-32)28-21-18-10-17(14-6-8-15(33)9-7-14)23(34)31-22(18)30-13(2)29-21/h3-5,10,12,14-15,32-33H,6-9,11H2,1-2H3,(H2,28,29,30,31,34)/t12-,14?,15?/m1/s1. The fourth-order valence-electron chi connectivity index (χ4n) is 4.55. The Bertz CT molecular complexity index is 1260. The van der Waals surface area contributed by atoms with Crippen LogP contribution in [0, 0.1) is 12.7 Å². The van der Waals surface area contributed by atoms with Crippen molar-refractivity contribution < 1.29 is 23.4 Å². The number of aromatic amines is 1. The van der Waals surface area contributed by atoms with E-state index in [2.05, 4.69) is 20.3 Å². The van der Waals surface area contributed by atoms with E-state index >= 15 is 0 Å². The average Bonchev–Trinajstić information content (AvgIpc) is 2.79. The highest BCUT2D eigenvalue weighted by atomic mass is 19.3. The predicted molar refractivity (Wildman–Crippen MR) is 122 cm³/mol. The van der Waals surface area contributed by atoms with E-state index in [9.17, 15) is 23.1 Å². The molecule has 2 heterocycles. The molecule has 1 aromatic carbocycles. The summed E-state index contributed by atoms with van der Waals surface area (Å²) in [5.74, 6) is -4.13. The van der Waals surface area contributed by atoms with Gasteiger partial charge in [-0.1, -0.05) is 12.1 Å². The quantitative estimate of drug-likeness (QED) is 0.427. The number of halogens is 3. The zero-order valence-electron chi connectivity index (χ0n) is 18.9. The van der Waals surface area contributed by atoms with Crippen LogP contribution in [0.2, 0.25) is 0 Å². The van der Waals surface area contributed by atoms with Crippen LogP contribution < -0.4 is 10.9 Å². The van der Waals surface area contributed by atoms with Crippen LogP contribution in [-0.4, -0.2) is 37.9 Å². The largest absolute Gasteiger partial charge is 0.393 e. The first-order chi connectivity index (χ1) is 16.1. The lowest BCUT2D eigenvalue weighted by atomic mass is 9.83. The number of pyridine rings is 1. The Hall–Kier alpha value is -2.98. The molecule has 1 fully saturated rings. The van der Waals surface area contributed by atoms with E-state index in [-0.39, 0.29) is 23.1 Å². The highest BCUT2D eigenvalue weighted by Crippen LogP contribution is 2.35. The molecule has 0 bridgehead atoms. The van der Waals surface area contributed by atoms with Crippen LogP contribution >= 0.6 is 0 Å². The molecule has 1 aliphatic carbocycles. The van der Waals surface area contributed by atoms with Gasteiger partial charge in [0.05, 0.1) is 23.1 Å². The number of nitrogens with zero attached hydrogens (tertiary/aromatic N) is 2. The number of hydrogen-bond donors (Lipinski definition) is 4. The average molecular weight is 476 g/mol. The first-order valence-electron chi connectivity index (χ1n) is 11.2. The molecule has 2 aromatic heterocycles. The van der Waals surface area contributed by atoms with Gasteiger partial charge in [-0.25, -0.2) is 14.4 Å². The molecule has 1 atom stereocenters. The summed E-state index contributed by atoms with van der Waals surface area (Å²) in [6.45, 7) is 1.75. The molecule has 4 rings (SSSR count). The lowest BCUT2D eigenvalue weighted by Gasteiger charge is -2.25. The summed E-state index contributed by atoms with van der Waals surface area (Å²) in [4.78, 5) is 24.3. The number of anilines is 1. The van der Waals surface area contributed by atoms with Gasteiger partial charge in [0.2, 0.25) is 0 Å². The van der Waals surface area contributed by atoms with E-state index in [0.29, 0.717) is 53.9 Å². The third-order valence-corrected chi connectivity index (χ3v) is 6.43. The molecule has 0 spiro atoms. The first kappa shape index (κ1) is 24.2. The van der Waals surface area contributed by atoms with E-state index in [1.54, 1.807) is 19.9 Å². The molecule has 3 aromatic rings. The SMILES string of the molecule is Cc1nc(N[C@H](C)c2cccc(C(F)(F)CO)c2F)c2cc(C3CCC(O)CC3)c(=O)[nH]c2n1. The Morgan fingerprint density at radius 2 is 1.94 bits per heavy atom. The van der Waals surface area contributed by atoms with Crippen molar-refractivity contribution in [3.05, 3.63) is 63.0 Å². The van der Waals surface area contributed by atoms with E-state index < -0.39 is 30.0 Å². The Morgan fingerprint density at radius 1 is 1.24 bits per heavy atom. The molecule has 1 saturated carbocycles. The van der Waals surface area contributed by atoms with Crippen LogP contribution in [0.4, 0.5) is 19.0 Å². The smallest absolute Gasteiger partial charge is 0.298 e. The number of nitrogens with one attached hydrogen (secondary N) is 2. The predicted octanol–water partition coefficient (Wildman–Crippen LogP) is 4.04. The minimum absolute atomic E-state index is 0.0130. The maximum Gasteiger partial charge on any atom is 0.298 e. The second-order valence-electron chi connectivity index (χ2n) is 8.88. The van der Waals surface area contributed by atoms with Crippen molar-refractivity contribution in [3.63, 3.8) is 0 Å². The molecule has 0 saturated heterocycles. The maximum atomic E-state index is 15.0. The molecule has 182 valence electrons. The zero-order valence-corrected chi connectivity index (χ0v) is 18.9. The van der Waals surface area contributed by atoms with Gasteiger partial charge in [-0.05, 0) is 57.6 Å². The number of rotatable bonds is 6. The van der Waals surface area contributed by atoms with Crippen LogP contribution in [0.25, 0.3) is 11.0 Å². The number of aryl methyl sites for hydroxylation is 1. The van der Waals surface area contributed by atoms with Crippen LogP contribution in [0.5, 0.6) is 0 Å². The number of aromatic nitrogens is 3. The van der Waals surface area contributed by atoms with Gasteiger partial charge in [0.15, 0.2) is 0 Å². The van der Waals surface area contributed by atoms with E-state index in [4.69, 9.17) is 5.11 Å². The number of hydrogen-bond acceptors (Lipinski definition) is 6. The van der Waals surface area contributed by atoms with Crippen molar-refractivity contribution in [2.45, 2.75) is 63.5 Å². The molecular formula is C24H27F3N4O3. The third kappa shape index (κ3) is 4.65. The van der Waals surface area contributed by atoms with Crippen molar-refractivity contribution >= 4 is 16.9 Å². The Morgan fingerprint density at radius 3 is 2.62 bits per heavy atom. The van der Waals surface area contributed by atoms with Crippen LogP contribution in [0.3, 0.4) is 0 Å². The third-order valence-electron chi connectivity index (χ3n) is 6.43. The number of alkyl halides is 2. The number of benzene rings is 1. The molecule has 0 aliphatic heterocycles. The summed E-state index contributed by atoms with van der Waals surface area (Å²) in [5, 5.41) is 22.4. The Balaban J connectivity index is 1.73. The highest BCUT2D eigenvalue weighted by Gasteiger charge is 2.35. The minimum atomic E-state index is -3.71. The van der Waals surface area contributed by atoms with Gasteiger partial charge in [-0.3, -0.25) is 4.79 Å². The first-order valence-corrected chi connectivity index (χ1v) is 11.2. The van der Waals surface area contributed by atoms with Gasteiger partial charge in [0, 0.05) is 11.1 Å². The van der Waals surface area contributed by atoms with Gasteiger partial charge in [0.25, 0.3) is 11.5 Å². The fraction of sp³-hybridized carbons (Fsp3) is 0.458. The van der Waals surface area contributed by atoms with Crippen LogP contribution in [0.1, 0.15) is 67.1 Å².